The lowest BCUT2D eigenvalue weighted by atomic mass is 10.1. The summed E-state index contributed by atoms with van der Waals surface area (Å²) >= 11 is 0. The first-order chi connectivity index (χ1) is 30.5. The van der Waals surface area contributed by atoms with Crippen molar-refractivity contribution in [3.05, 3.63) is 109 Å². The van der Waals surface area contributed by atoms with Gasteiger partial charge in [0.1, 0.15) is 13.2 Å². The second-order valence-corrected chi connectivity index (χ2v) is 16.0. The minimum absolute atomic E-state index is 0.111. The van der Waals surface area contributed by atoms with Crippen LogP contribution in [-0.4, -0.2) is 37.2 Å². The highest BCUT2D eigenvalue weighted by atomic mass is 16.6. The highest BCUT2D eigenvalue weighted by Gasteiger charge is 2.19. The number of rotatable bonds is 43. The Hall–Kier alpha value is -3.93. The molecule has 0 aliphatic carbocycles. The van der Waals surface area contributed by atoms with E-state index in [1.165, 1.54) is 51.4 Å². The molecular weight excluding hydrogens is 769 g/mol. The van der Waals surface area contributed by atoms with Crippen LogP contribution in [0.2, 0.25) is 0 Å². The van der Waals surface area contributed by atoms with Gasteiger partial charge in [0.15, 0.2) is 6.10 Å². The Morgan fingerprint density at radius 3 is 1.10 bits per heavy atom. The zero-order valence-corrected chi connectivity index (χ0v) is 39.8. The molecule has 0 aromatic carbocycles. The lowest BCUT2D eigenvalue weighted by molar-refractivity contribution is -0.166. The summed E-state index contributed by atoms with van der Waals surface area (Å²) in [6.07, 6.45) is 66.5. The molecule has 0 N–H and O–H groups in total. The first-order valence-corrected chi connectivity index (χ1v) is 24.9. The van der Waals surface area contributed by atoms with Gasteiger partial charge in [-0.25, -0.2) is 0 Å². The number of hydrogen-bond acceptors (Lipinski definition) is 6. The van der Waals surface area contributed by atoms with E-state index in [1.54, 1.807) is 0 Å². The summed E-state index contributed by atoms with van der Waals surface area (Å²) < 4.78 is 16.7. The van der Waals surface area contributed by atoms with Crippen molar-refractivity contribution < 1.29 is 28.6 Å². The number of ether oxygens (including phenoxy) is 3. The quantitative estimate of drug-likeness (QED) is 0.0263. The second-order valence-electron chi connectivity index (χ2n) is 16.0. The van der Waals surface area contributed by atoms with Crippen molar-refractivity contribution >= 4 is 17.9 Å². The van der Waals surface area contributed by atoms with Crippen LogP contribution in [0.1, 0.15) is 207 Å². The summed E-state index contributed by atoms with van der Waals surface area (Å²) in [5.74, 6) is -1.02. The summed E-state index contributed by atoms with van der Waals surface area (Å²) in [7, 11) is 0. The maximum absolute atomic E-state index is 12.8. The van der Waals surface area contributed by atoms with Crippen LogP contribution in [0.3, 0.4) is 0 Å². The number of esters is 3. The third kappa shape index (κ3) is 47.1. The van der Waals surface area contributed by atoms with E-state index in [0.717, 1.165) is 109 Å². The predicted octanol–water partition coefficient (Wildman–Crippen LogP) is 16.4. The van der Waals surface area contributed by atoms with Gasteiger partial charge in [-0.15, -0.1) is 0 Å². The molecule has 0 aromatic rings. The van der Waals surface area contributed by atoms with E-state index in [-0.39, 0.29) is 37.5 Å². The van der Waals surface area contributed by atoms with E-state index < -0.39 is 6.10 Å². The van der Waals surface area contributed by atoms with Crippen molar-refractivity contribution in [1.82, 2.24) is 0 Å². The van der Waals surface area contributed by atoms with Gasteiger partial charge in [-0.05, 0) is 103 Å². The van der Waals surface area contributed by atoms with E-state index in [1.807, 2.05) is 12.2 Å². The van der Waals surface area contributed by atoms with Gasteiger partial charge < -0.3 is 14.2 Å². The minimum Gasteiger partial charge on any atom is -0.462 e. The van der Waals surface area contributed by atoms with Crippen molar-refractivity contribution in [3.63, 3.8) is 0 Å². The Morgan fingerprint density at radius 1 is 0.339 bits per heavy atom. The van der Waals surface area contributed by atoms with Gasteiger partial charge in [0.2, 0.25) is 0 Å². The second kappa shape index (κ2) is 49.7. The fourth-order valence-corrected chi connectivity index (χ4v) is 6.31. The monoisotopic (exact) mass is 859 g/mol. The van der Waals surface area contributed by atoms with Gasteiger partial charge >= 0.3 is 17.9 Å². The molecule has 1 unspecified atom stereocenters. The molecule has 0 bridgehead atoms. The van der Waals surface area contributed by atoms with E-state index in [4.69, 9.17) is 14.2 Å². The largest absolute Gasteiger partial charge is 0.462 e. The van der Waals surface area contributed by atoms with E-state index >= 15 is 0 Å². The molecule has 0 radical (unpaired) electrons. The molecule has 350 valence electrons. The number of allylic oxidation sites excluding steroid dienone is 18. The van der Waals surface area contributed by atoms with Gasteiger partial charge in [-0.1, -0.05) is 194 Å². The Kier molecular flexibility index (Phi) is 46.6. The van der Waals surface area contributed by atoms with Crippen LogP contribution in [0.15, 0.2) is 109 Å². The lowest BCUT2D eigenvalue weighted by Crippen LogP contribution is -2.30. The van der Waals surface area contributed by atoms with Crippen molar-refractivity contribution in [2.45, 2.75) is 213 Å². The highest BCUT2D eigenvalue weighted by Crippen LogP contribution is 2.13. The van der Waals surface area contributed by atoms with Crippen LogP contribution in [-0.2, 0) is 28.6 Å². The van der Waals surface area contributed by atoms with Crippen LogP contribution < -0.4 is 0 Å². The summed E-state index contributed by atoms with van der Waals surface area (Å²) in [6, 6.07) is 0. The molecule has 6 heteroatoms. The van der Waals surface area contributed by atoms with Gasteiger partial charge in [-0.2, -0.15) is 0 Å². The maximum Gasteiger partial charge on any atom is 0.306 e. The zero-order chi connectivity index (χ0) is 45.1. The standard InChI is InChI=1S/C56H90O6/c1-4-7-10-13-16-19-22-24-26-27-28-29-30-32-34-37-40-43-46-49-55(58)61-52-53(51-60-54(57)48-45-42-39-36-33-21-18-15-12-9-6-3)62-56(59)50-47-44-41-38-35-31-25-23-20-17-14-11-8-5-2/h7-8,10-11,15-20,24,26,28-29,32,34,40,43,53H,4-6,9,12-14,21-23,25,27,30-31,33,35-39,41-42,44-52H2,1-3H3/b10-7-,11-8-,18-15-,19-16-,20-17-,26-24-,29-28-,34-32-,43-40-. The van der Waals surface area contributed by atoms with Crippen LogP contribution in [0.25, 0.3) is 0 Å². The zero-order valence-electron chi connectivity index (χ0n) is 39.8. The first kappa shape index (κ1) is 58.1. The van der Waals surface area contributed by atoms with Crippen molar-refractivity contribution in [3.8, 4) is 0 Å². The molecule has 0 rings (SSSR count). The van der Waals surface area contributed by atoms with Crippen LogP contribution in [0, 0.1) is 0 Å². The highest BCUT2D eigenvalue weighted by molar-refractivity contribution is 5.71. The predicted molar refractivity (Wildman–Crippen MR) is 265 cm³/mol. The number of carbonyl (C=O) groups excluding carboxylic acids is 3. The van der Waals surface area contributed by atoms with Gasteiger partial charge in [0, 0.05) is 19.3 Å². The van der Waals surface area contributed by atoms with Crippen LogP contribution in [0.4, 0.5) is 0 Å². The molecule has 0 saturated heterocycles. The van der Waals surface area contributed by atoms with Gasteiger partial charge in [-0.3, -0.25) is 14.4 Å². The number of unbranched alkanes of at least 4 members (excludes halogenated alkanes) is 14. The number of hydrogen-bond donors (Lipinski definition) is 0. The maximum atomic E-state index is 12.8. The first-order valence-electron chi connectivity index (χ1n) is 24.9. The van der Waals surface area contributed by atoms with Gasteiger partial charge in [0.25, 0.3) is 0 Å². The average Bonchev–Trinajstić information content (AvgIpc) is 3.27. The molecule has 62 heavy (non-hydrogen) atoms. The summed E-state index contributed by atoms with van der Waals surface area (Å²) in [5.41, 5.74) is 0. The Balaban J connectivity index is 4.52. The van der Waals surface area contributed by atoms with Crippen LogP contribution >= 0.6 is 0 Å². The van der Waals surface area contributed by atoms with Crippen LogP contribution in [0.5, 0.6) is 0 Å². The van der Waals surface area contributed by atoms with Gasteiger partial charge in [0.05, 0.1) is 0 Å². The molecule has 0 heterocycles. The SMILES string of the molecule is CC/C=C\C/C=C\C/C=C\C/C=C\C/C=C\C/C=C\CCC(=O)OCC(COC(=O)CCCCCCC/C=C\CCCC)OC(=O)CCCCCCCCC/C=C\C/C=C\CC. The molecule has 0 amide bonds. The normalized spacial score (nSPS) is 13.0. The molecule has 0 saturated carbocycles. The third-order valence-corrected chi connectivity index (χ3v) is 10.0. The van der Waals surface area contributed by atoms with Crippen molar-refractivity contribution in [2.75, 3.05) is 13.2 Å². The Morgan fingerprint density at radius 2 is 0.661 bits per heavy atom. The third-order valence-electron chi connectivity index (χ3n) is 10.0. The molecule has 1 atom stereocenters. The number of carbonyl (C=O) groups is 3. The van der Waals surface area contributed by atoms with Crippen molar-refractivity contribution in [1.29, 1.82) is 0 Å². The molecule has 0 aliphatic heterocycles. The van der Waals surface area contributed by atoms with Crippen molar-refractivity contribution in [2.24, 2.45) is 0 Å². The summed E-state index contributed by atoms with van der Waals surface area (Å²) in [5, 5.41) is 0. The molecule has 0 fully saturated rings. The molecule has 0 aromatic heterocycles. The molecule has 6 nitrogen and oxygen atoms in total. The lowest BCUT2D eigenvalue weighted by Gasteiger charge is -2.18. The fraction of sp³-hybridized carbons (Fsp3) is 0.625. The minimum atomic E-state index is -0.816. The summed E-state index contributed by atoms with van der Waals surface area (Å²) in [6.45, 7) is 6.28. The molecule has 0 aliphatic rings. The smallest absolute Gasteiger partial charge is 0.306 e. The van der Waals surface area contributed by atoms with E-state index in [2.05, 4.69) is 118 Å². The van der Waals surface area contributed by atoms with E-state index in [9.17, 15) is 14.4 Å². The Labute approximate surface area is 380 Å². The molecule has 0 spiro atoms. The fourth-order valence-electron chi connectivity index (χ4n) is 6.31. The molecular formula is C56H90O6. The summed E-state index contributed by atoms with van der Waals surface area (Å²) in [4.78, 5) is 37.9. The van der Waals surface area contributed by atoms with E-state index in [0.29, 0.717) is 19.3 Å². The average molecular weight is 859 g/mol. The Bertz CT molecular complexity index is 1310. The topological polar surface area (TPSA) is 78.9 Å².